The number of nitrogens with zero attached hydrogens (tertiary/aromatic N) is 1. The van der Waals surface area contributed by atoms with Crippen molar-refractivity contribution in [3.63, 3.8) is 0 Å². The largest absolute Gasteiger partial charge is 0.632 e. The van der Waals surface area contributed by atoms with E-state index in [-0.39, 0.29) is 0 Å². The molecule has 1 saturated heterocycles. The second-order valence-electron chi connectivity index (χ2n) is 6.22. The monoisotopic (exact) mass is 285 g/mol. The smallest absolute Gasteiger partial charge is 0.362 e. The van der Waals surface area contributed by atoms with Gasteiger partial charge in [0.05, 0.1) is 13.1 Å². The Hall–Kier alpha value is -0.610. The molecule has 0 bridgehead atoms. The fourth-order valence-electron chi connectivity index (χ4n) is 3.21. The quantitative estimate of drug-likeness (QED) is 0.353. The van der Waals surface area contributed by atoms with E-state index >= 15 is 0 Å². The highest BCUT2D eigenvalue weighted by Gasteiger charge is 2.37. The molecule has 0 aromatic rings. The van der Waals surface area contributed by atoms with Crippen molar-refractivity contribution in [2.45, 2.75) is 83.6 Å². The van der Waals surface area contributed by atoms with Crippen LogP contribution in [0.25, 0.3) is 0 Å². The summed E-state index contributed by atoms with van der Waals surface area (Å²) in [6.45, 7) is 3.20. The molecule has 1 unspecified atom stereocenters. The highest BCUT2D eigenvalue weighted by Crippen LogP contribution is 2.25. The first-order valence-corrected chi connectivity index (χ1v) is 8.40. The number of hydrogen-bond acceptors (Lipinski definition) is 2. The molecule has 0 aliphatic carbocycles. The molecule has 0 amide bonds. The second kappa shape index (κ2) is 9.35. The minimum Gasteiger partial charge on any atom is -0.632 e. The maximum atomic E-state index is 12.4. The van der Waals surface area contributed by atoms with Crippen LogP contribution in [0.4, 0.5) is 0 Å². The summed E-state index contributed by atoms with van der Waals surface area (Å²) in [5, 5.41) is 21.7. The average molecular weight is 285 g/mol. The highest BCUT2D eigenvalue weighted by atomic mass is 16.6. The summed E-state index contributed by atoms with van der Waals surface area (Å²) >= 11 is 0. The van der Waals surface area contributed by atoms with Crippen molar-refractivity contribution in [3.8, 4) is 0 Å². The Kier molecular flexibility index (Phi) is 8.15. The van der Waals surface area contributed by atoms with Gasteiger partial charge in [-0.3, -0.25) is 0 Å². The molecule has 1 heterocycles. The highest BCUT2D eigenvalue weighted by molar-refractivity contribution is 5.72. The summed E-state index contributed by atoms with van der Waals surface area (Å²) in [6.07, 6.45) is 11.9. The van der Waals surface area contributed by atoms with E-state index in [1.807, 2.05) is 0 Å². The summed E-state index contributed by atoms with van der Waals surface area (Å²) < 4.78 is -0.480. The summed E-state index contributed by atoms with van der Waals surface area (Å²) in [4.78, 5) is 11.3. The van der Waals surface area contributed by atoms with Gasteiger partial charge in [0.25, 0.3) is 0 Å². The molecule has 0 spiro atoms. The molecule has 4 heteroatoms. The van der Waals surface area contributed by atoms with E-state index in [4.69, 9.17) is 0 Å². The molecular formula is C16H31NO3. The zero-order valence-corrected chi connectivity index (χ0v) is 13.0. The maximum absolute atomic E-state index is 12.4. The Morgan fingerprint density at radius 1 is 1.05 bits per heavy atom. The van der Waals surface area contributed by atoms with Crippen LogP contribution in [0.5, 0.6) is 0 Å². The lowest BCUT2D eigenvalue weighted by molar-refractivity contribution is -0.885. The molecule has 0 aromatic carbocycles. The zero-order chi connectivity index (χ0) is 14.8. The lowest BCUT2D eigenvalue weighted by Crippen LogP contribution is -2.52. The molecule has 0 aromatic heterocycles. The number of rotatable bonds is 11. The van der Waals surface area contributed by atoms with Gasteiger partial charge in [-0.1, -0.05) is 51.9 Å². The molecule has 1 aliphatic heterocycles. The van der Waals surface area contributed by atoms with E-state index in [1.54, 1.807) is 0 Å². The molecule has 1 atom stereocenters. The Balaban J connectivity index is 2.15. The molecule has 4 nitrogen and oxygen atoms in total. The Morgan fingerprint density at radius 3 is 2.05 bits per heavy atom. The van der Waals surface area contributed by atoms with Gasteiger partial charge in [-0.25, -0.2) is 4.79 Å². The van der Waals surface area contributed by atoms with Crippen LogP contribution in [0.1, 0.15) is 77.6 Å². The second-order valence-corrected chi connectivity index (χ2v) is 6.22. The van der Waals surface area contributed by atoms with Crippen LogP contribution in [-0.2, 0) is 4.79 Å². The van der Waals surface area contributed by atoms with Gasteiger partial charge in [-0.05, 0) is 6.42 Å². The van der Waals surface area contributed by atoms with E-state index in [1.165, 1.54) is 38.5 Å². The van der Waals surface area contributed by atoms with E-state index in [0.29, 0.717) is 19.5 Å². The first-order valence-electron chi connectivity index (χ1n) is 8.40. The summed E-state index contributed by atoms with van der Waals surface area (Å²) in [5.41, 5.74) is 0. The predicted octanol–water partition coefficient (Wildman–Crippen LogP) is 4.08. The number of hydroxylamine groups is 3. The van der Waals surface area contributed by atoms with E-state index in [2.05, 4.69) is 6.92 Å². The Bertz CT molecular complexity index is 275. The van der Waals surface area contributed by atoms with Crippen LogP contribution in [0.3, 0.4) is 0 Å². The number of carbonyl (C=O) groups is 1. The third-order valence-corrected chi connectivity index (χ3v) is 4.51. The van der Waals surface area contributed by atoms with Gasteiger partial charge in [0.1, 0.15) is 0 Å². The van der Waals surface area contributed by atoms with Crippen molar-refractivity contribution < 1.29 is 14.5 Å². The van der Waals surface area contributed by atoms with Crippen molar-refractivity contribution in [1.29, 1.82) is 0 Å². The summed E-state index contributed by atoms with van der Waals surface area (Å²) in [7, 11) is 0. The normalized spacial score (nSPS) is 19.1. The topological polar surface area (TPSA) is 60.4 Å². The lowest BCUT2D eigenvalue weighted by atomic mass is 10.0. The first kappa shape index (κ1) is 17.4. The van der Waals surface area contributed by atoms with Crippen LogP contribution < -0.4 is 0 Å². The molecule has 20 heavy (non-hydrogen) atoms. The fraction of sp³-hybridized carbons (Fsp3) is 0.938. The van der Waals surface area contributed by atoms with Gasteiger partial charge in [-0.15, -0.1) is 0 Å². The van der Waals surface area contributed by atoms with Gasteiger partial charge >= 0.3 is 5.97 Å². The van der Waals surface area contributed by atoms with Gasteiger partial charge in [0.15, 0.2) is 6.04 Å². The van der Waals surface area contributed by atoms with E-state index in [9.17, 15) is 15.1 Å². The third kappa shape index (κ3) is 5.80. The average Bonchev–Trinajstić information content (AvgIpc) is 2.84. The molecular weight excluding hydrogens is 254 g/mol. The molecule has 1 fully saturated rings. The van der Waals surface area contributed by atoms with Gasteiger partial charge in [0, 0.05) is 19.3 Å². The summed E-state index contributed by atoms with van der Waals surface area (Å²) in [6, 6.07) is -0.724. The number of carboxylic acid groups (broad SMARTS) is 1. The van der Waals surface area contributed by atoms with Crippen molar-refractivity contribution in [2.75, 3.05) is 13.1 Å². The van der Waals surface area contributed by atoms with Crippen molar-refractivity contribution in [2.24, 2.45) is 0 Å². The maximum Gasteiger partial charge on any atom is 0.362 e. The van der Waals surface area contributed by atoms with Crippen LogP contribution in [0, 0.1) is 5.21 Å². The van der Waals surface area contributed by atoms with Crippen LogP contribution >= 0.6 is 0 Å². The van der Waals surface area contributed by atoms with Crippen LogP contribution in [0.2, 0.25) is 0 Å². The molecule has 0 radical (unpaired) electrons. The predicted molar refractivity (Wildman–Crippen MR) is 81.2 cm³/mol. The Labute approximate surface area is 123 Å². The number of hydrogen-bond donors (Lipinski definition) is 1. The minimum absolute atomic E-state index is 0.480. The lowest BCUT2D eigenvalue weighted by Gasteiger charge is -2.43. The van der Waals surface area contributed by atoms with Gasteiger partial charge in [0.2, 0.25) is 0 Å². The van der Waals surface area contributed by atoms with Gasteiger partial charge < -0.3 is 15.0 Å². The summed E-state index contributed by atoms with van der Waals surface area (Å²) in [5.74, 6) is -0.898. The minimum atomic E-state index is -0.898. The number of carboxylic acids is 1. The van der Waals surface area contributed by atoms with E-state index < -0.39 is 16.7 Å². The van der Waals surface area contributed by atoms with Crippen molar-refractivity contribution in [1.82, 2.24) is 0 Å². The molecule has 1 rings (SSSR count). The van der Waals surface area contributed by atoms with Crippen molar-refractivity contribution in [3.05, 3.63) is 5.21 Å². The standard InChI is InChI=1S/C16H31NO3/c1-2-3-4-5-6-7-8-9-12-15(16(18)19)17(20)13-10-11-14-17/h15H,2-14H2,1H3,(H,18,19). The number of aliphatic carboxylic acids is 1. The third-order valence-electron chi connectivity index (χ3n) is 4.51. The van der Waals surface area contributed by atoms with Gasteiger partial charge in [-0.2, -0.15) is 0 Å². The number of likely N-dealkylation sites (tertiary alicyclic amines) is 1. The molecule has 0 saturated carbocycles. The molecule has 118 valence electrons. The van der Waals surface area contributed by atoms with Crippen molar-refractivity contribution >= 4 is 5.97 Å². The number of quaternary nitrogens is 1. The fourth-order valence-corrected chi connectivity index (χ4v) is 3.21. The van der Waals surface area contributed by atoms with Crippen LogP contribution in [0.15, 0.2) is 0 Å². The van der Waals surface area contributed by atoms with E-state index in [0.717, 1.165) is 25.7 Å². The molecule has 1 aliphatic rings. The number of unbranched alkanes of at least 4 members (excludes halogenated alkanes) is 7. The SMILES string of the molecule is CCCCCCCCCCC(C(=O)O)[N+]1([O-])CCCC1. The Morgan fingerprint density at radius 2 is 1.55 bits per heavy atom. The first-order chi connectivity index (χ1) is 9.60. The van der Waals surface area contributed by atoms with Crippen LogP contribution in [-0.4, -0.2) is 34.9 Å². The zero-order valence-electron chi connectivity index (χ0n) is 13.0. The molecule has 1 N–H and O–H groups in total.